The lowest BCUT2D eigenvalue weighted by molar-refractivity contribution is 0.122. The second-order valence-electron chi connectivity index (χ2n) is 6.23. The van der Waals surface area contributed by atoms with Crippen LogP contribution in [0.5, 0.6) is 0 Å². The van der Waals surface area contributed by atoms with E-state index in [0.717, 1.165) is 23.5 Å². The third kappa shape index (κ3) is 3.58. The lowest BCUT2D eigenvalue weighted by Gasteiger charge is -2.28. The van der Waals surface area contributed by atoms with Crippen molar-refractivity contribution < 1.29 is 9.13 Å². The predicted molar refractivity (Wildman–Crippen MR) is 94.4 cm³/mol. The number of rotatable bonds is 5. The Kier molecular flexibility index (Phi) is 5.17. The third-order valence-electron chi connectivity index (χ3n) is 4.55. The highest BCUT2D eigenvalue weighted by Crippen LogP contribution is 2.25. The lowest BCUT2D eigenvalue weighted by atomic mass is 10.1. The lowest BCUT2D eigenvalue weighted by Crippen LogP contribution is -2.37. The molecule has 0 radical (unpaired) electrons. The quantitative estimate of drug-likeness (QED) is 0.895. The molecule has 1 aliphatic heterocycles. The highest BCUT2D eigenvalue weighted by atomic mass is 19.1. The van der Waals surface area contributed by atoms with Gasteiger partial charge in [-0.3, -0.25) is 4.68 Å². The molecule has 0 spiro atoms. The minimum Gasteiger partial charge on any atom is -0.378 e. The second kappa shape index (κ2) is 7.35. The number of aryl methyl sites for hydroxylation is 2. The van der Waals surface area contributed by atoms with Gasteiger partial charge in [-0.05, 0) is 27.7 Å². The number of ether oxygens (including phenoxy) is 1. The van der Waals surface area contributed by atoms with E-state index in [4.69, 9.17) is 4.74 Å². The van der Waals surface area contributed by atoms with Crippen molar-refractivity contribution in [1.29, 1.82) is 0 Å². The van der Waals surface area contributed by atoms with Gasteiger partial charge in [-0.2, -0.15) is 10.1 Å². The van der Waals surface area contributed by atoms with Crippen LogP contribution in [0.2, 0.25) is 0 Å². The Morgan fingerprint density at radius 2 is 2.04 bits per heavy atom. The van der Waals surface area contributed by atoms with Crippen molar-refractivity contribution in [1.82, 2.24) is 19.7 Å². The number of anilines is 2. The van der Waals surface area contributed by atoms with Gasteiger partial charge in [0.25, 0.3) is 0 Å². The molecular weight excluding hydrogens is 323 g/mol. The molecule has 136 valence electrons. The summed E-state index contributed by atoms with van der Waals surface area (Å²) in [6.07, 6.45) is 1.22. The van der Waals surface area contributed by atoms with Crippen LogP contribution in [0, 0.1) is 19.7 Å². The van der Waals surface area contributed by atoms with Gasteiger partial charge in [0, 0.05) is 30.9 Å². The van der Waals surface area contributed by atoms with Gasteiger partial charge in [0.2, 0.25) is 5.95 Å². The largest absolute Gasteiger partial charge is 0.378 e. The average molecular weight is 348 g/mol. The number of nitrogens with one attached hydrogen (secondary N) is 1. The summed E-state index contributed by atoms with van der Waals surface area (Å²) in [6.45, 7) is 11.4. The molecule has 3 heterocycles. The van der Waals surface area contributed by atoms with Crippen LogP contribution >= 0.6 is 0 Å². The monoisotopic (exact) mass is 348 g/mol. The summed E-state index contributed by atoms with van der Waals surface area (Å²) in [5.74, 6) is 0.329. The van der Waals surface area contributed by atoms with E-state index < -0.39 is 5.82 Å². The Hall–Kier alpha value is -2.22. The maximum Gasteiger partial charge on any atom is 0.225 e. The molecule has 1 aliphatic rings. The Bertz CT molecular complexity index is 741. The topological polar surface area (TPSA) is 68.1 Å². The van der Waals surface area contributed by atoms with Crippen LogP contribution in [0.3, 0.4) is 0 Å². The highest BCUT2D eigenvalue weighted by molar-refractivity contribution is 5.45. The van der Waals surface area contributed by atoms with Crippen LogP contribution in [-0.4, -0.2) is 46.1 Å². The van der Waals surface area contributed by atoms with Crippen LogP contribution in [0.15, 0.2) is 6.20 Å². The van der Waals surface area contributed by atoms with E-state index in [0.29, 0.717) is 38.1 Å². The molecule has 3 rings (SSSR count). The van der Waals surface area contributed by atoms with Gasteiger partial charge in [0.1, 0.15) is 0 Å². The minimum atomic E-state index is -0.411. The third-order valence-corrected chi connectivity index (χ3v) is 4.55. The molecular formula is C17H25FN6O. The van der Waals surface area contributed by atoms with Crippen LogP contribution in [-0.2, 0) is 11.3 Å². The number of nitrogens with zero attached hydrogens (tertiary/aromatic N) is 5. The first-order chi connectivity index (χ1) is 12.0. The van der Waals surface area contributed by atoms with Crippen LogP contribution in [0.1, 0.15) is 36.8 Å². The van der Waals surface area contributed by atoms with E-state index in [1.165, 1.54) is 6.20 Å². The first-order valence-electron chi connectivity index (χ1n) is 8.67. The normalized spacial score (nSPS) is 16.1. The first-order valence-corrected chi connectivity index (χ1v) is 8.67. The highest BCUT2D eigenvalue weighted by Gasteiger charge is 2.21. The Labute approximate surface area is 147 Å². The molecule has 1 N–H and O–H groups in total. The van der Waals surface area contributed by atoms with Crippen molar-refractivity contribution in [3.05, 3.63) is 29.0 Å². The van der Waals surface area contributed by atoms with Crippen LogP contribution in [0.25, 0.3) is 0 Å². The SMILES string of the molecule is CCn1nc(C)c(C(C)Nc2ncc(F)c(N3CCOCC3)n2)c1C. The summed E-state index contributed by atoms with van der Waals surface area (Å²) in [5.41, 5.74) is 3.23. The van der Waals surface area contributed by atoms with Crippen molar-refractivity contribution in [2.45, 2.75) is 40.3 Å². The molecule has 7 nitrogen and oxygen atoms in total. The van der Waals surface area contributed by atoms with Gasteiger partial charge >= 0.3 is 0 Å². The van der Waals surface area contributed by atoms with Crippen molar-refractivity contribution >= 4 is 11.8 Å². The standard InChI is InChI=1S/C17H25FN6O/c1-5-24-13(4)15(12(3)22-24)11(2)20-17-19-10-14(18)16(21-17)23-6-8-25-9-7-23/h10-11H,5-9H2,1-4H3,(H,19,20,21). The molecule has 0 aromatic carbocycles. The zero-order chi connectivity index (χ0) is 18.0. The number of morpholine rings is 1. The summed E-state index contributed by atoms with van der Waals surface area (Å²) < 4.78 is 21.4. The van der Waals surface area contributed by atoms with E-state index in [1.54, 1.807) is 0 Å². The number of hydrogen-bond acceptors (Lipinski definition) is 6. The van der Waals surface area contributed by atoms with Gasteiger partial charge in [-0.25, -0.2) is 9.37 Å². The predicted octanol–water partition coefficient (Wildman–Crippen LogP) is 2.46. The molecule has 25 heavy (non-hydrogen) atoms. The molecule has 8 heteroatoms. The summed E-state index contributed by atoms with van der Waals surface area (Å²) in [7, 11) is 0. The molecule has 0 aliphatic carbocycles. The zero-order valence-corrected chi connectivity index (χ0v) is 15.2. The van der Waals surface area contributed by atoms with Gasteiger partial charge < -0.3 is 15.0 Å². The average Bonchev–Trinajstić information content (AvgIpc) is 2.91. The van der Waals surface area contributed by atoms with E-state index in [-0.39, 0.29) is 6.04 Å². The molecule has 0 bridgehead atoms. The molecule has 2 aromatic rings. The Morgan fingerprint density at radius 1 is 1.32 bits per heavy atom. The van der Waals surface area contributed by atoms with Crippen LogP contribution in [0.4, 0.5) is 16.2 Å². The van der Waals surface area contributed by atoms with Crippen molar-refractivity contribution in [2.24, 2.45) is 0 Å². The second-order valence-corrected chi connectivity index (χ2v) is 6.23. The minimum absolute atomic E-state index is 0.0247. The Morgan fingerprint density at radius 3 is 2.68 bits per heavy atom. The fraction of sp³-hybridized carbons (Fsp3) is 0.588. The van der Waals surface area contributed by atoms with Gasteiger partial charge in [-0.1, -0.05) is 0 Å². The van der Waals surface area contributed by atoms with Gasteiger partial charge in [-0.15, -0.1) is 0 Å². The Balaban J connectivity index is 1.82. The number of halogens is 1. The van der Waals surface area contributed by atoms with Crippen molar-refractivity contribution in [3.63, 3.8) is 0 Å². The molecule has 1 unspecified atom stereocenters. The zero-order valence-electron chi connectivity index (χ0n) is 15.2. The molecule has 1 fully saturated rings. The summed E-state index contributed by atoms with van der Waals surface area (Å²) in [4.78, 5) is 10.4. The van der Waals surface area contributed by atoms with E-state index in [2.05, 4.69) is 34.2 Å². The summed E-state index contributed by atoms with van der Waals surface area (Å²) in [6, 6.07) is -0.0247. The molecule has 0 amide bonds. The number of aromatic nitrogens is 4. The van der Waals surface area contributed by atoms with Crippen LogP contribution < -0.4 is 10.2 Å². The number of hydrogen-bond donors (Lipinski definition) is 1. The fourth-order valence-corrected chi connectivity index (χ4v) is 3.34. The first kappa shape index (κ1) is 17.6. The van der Waals surface area contributed by atoms with E-state index >= 15 is 0 Å². The maximum atomic E-state index is 14.1. The fourth-order valence-electron chi connectivity index (χ4n) is 3.34. The molecule has 0 saturated carbocycles. The summed E-state index contributed by atoms with van der Waals surface area (Å²) in [5, 5.41) is 7.83. The molecule has 1 saturated heterocycles. The smallest absolute Gasteiger partial charge is 0.225 e. The molecule has 1 atom stereocenters. The molecule has 2 aromatic heterocycles. The maximum absolute atomic E-state index is 14.1. The van der Waals surface area contributed by atoms with Gasteiger partial charge in [0.15, 0.2) is 11.6 Å². The van der Waals surface area contributed by atoms with Crippen molar-refractivity contribution in [3.8, 4) is 0 Å². The van der Waals surface area contributed by atoms with E-state index in [1.807, 2.05) is 23.4 Å². The summed E-state index contributed by atoms with van der Waals surface area (Å²) >= 11 is 0. The van der Waals surface area contributed by atoms with Crippen molar-refractivity contribution in [2.75, 3.05) is 36.5 Å². The van der Waals surface area contributed by atoms with E-state index in [9.17, 15) is 4.39 Å². The van der Waals surface area contributed by atoms with Gasteiger partial charge in [0.05, 0.1) is 31.1 Å².